The van der Waals surface area contributed by atoms with Crippen LogP contribution >= 0.6 is 0 Å². The number of carbonyl (C=O) groups is 2. The monoisotopic (exact) mass is 264 g/mol. The van der Waals surface area contributed by atoms with Crippen molar-refractivity contribution >= 4 is 11.8 Å². The van der Waals surface area contributed by atoms with Crippen LogP contribution < -0.4 is 15.4 Å². The fourth-order valence-electron chi connectivity index (χ4n) is 1.54. The van der Waals surface area contributed by atoms with E-state index in [2.05, 4.69) is 10.6 Å². The number of para-hydroxylation sites is 1. The van der Waals surface area contributed by atoms with Crippen molar-refractivity contribution in [3.63, 3.8) is 0 Å². The lowest BCUT2D eigenvalue weighted by Gasteiger charge is -2.14. The summed E-state index contributed by atoms with van der Waals surface area (Å²) >= 11 is 0. The average Bonchev–Trinajstić information content (AvgIpc) is 2.38. The van der Waals surface area contributed by atoms with Gasteiger partial charge in [-0.25, -0.2) is 0 Å². The third-order valence-electron chi connectivity index (χ3n) is 2.57. The summed E-state index contributed by atoms with van der Waals surface area (Å²) in [5.41, 5.74) is 0.965. The average molecular weight is 264 g/mol. The Morgan fingerprint density at radius 1 is 1.32 bits per heavy atom. The van der Waals surface area contributed by atoms with Gasteiger partial charge in [-0.2, -0.15) is 0 Å². The molecule has 104 valence electrons. The lowest BCUT2D eigenvalue weighted by Crippen LogP contribution is -2.46. The molecule has 0 aliphatic carbocycles. The maximum Gasteiger partial charge on any atom is 0.258 e. The van der Waals surface area contributed by atoms with Gasteiger partial charge >= 0.3 is 0 Å². The number of benzene rings is 1. The summed E-state index contributed by atoms with van der Waals surface area (Å²) in [7, 11) is 0. The van der Waals surface area contributed by atoms with Gasteiger partial charge in [-0.3, -0.25) is 9.59 Å². The van der Waals surface area contributed by atoms with Crippen molar-refractivity contribution in [1.29, 1.82) is 0 Å². The van der Waals surface area contributed by atoms with Crippen LogP contribution in [0, 0.1) is 6.92 Å². The van der Waals surface area contributed by atoms with Gasteiger partial charge in [0.1, 0.15) is 11.8 Å². The fraction of sp³-hybridized carbons (Fsp3) is 0.429. The maximum absolute atomic E-state index is 11.6. The summed E-state index contributed by atoms with van der Waals surface area (Å²) in [5.74, 6) is 0.150. The van der Waals surface area contributed by atoms with E-state index in [1.807, 2.05) is 32.0 Å². The molecule has 0 aliphatic rings. The molecule has 5 heteroatoms. The molecule has 0 bridgehead atoms. The lowest BCUT2D eigenvalue weighted by molar-refractivity contribution is -0.129. The predicted molar refractivity (Wildman–Crippen MR) is 73.0 cm³/mol. The van der Waals surface area contributed by atoms with Gasteiger partial charge < -0.3 is 15.4 Å². The molecule has 0 spiro atoms. The van der Waals surface area contributed by atoms with Crippen molar-refractivity contribution in [2.45, 2.75) is 26.8 Å². The van der Waals surface area contributed by atoms with Crippen LogP contribution in [0.2, 0.25) is 0 Å². The Labute approximate surface area is 113 Å². The molecule has 2 N–H and O–H groups in total. The Hall–Kier alpha value is -2.04. The number of aryl methyl sites for hydroxylation is 1. The Bertz CT molecular complexity index is 446. The molecule has 0 fully saturated rings. The van der Waals surface area contributed by atoms with Gasteiger partial charge in [-0.15, -0.1) is 0 Å². The molecule has 0 radical (unpaired) electrons. The first-order chi connectivity index (χ1) is 9.04. The molecule has 0 saturated carbocycles. The van der Waals surface area contributed by atoms with Crippen LogP contribution in [0.3, 0.4) is 0 Å². The highest BCUT2D eigenvalue weighted by atomic mass is 16.5. The summed E-state index contributed by atoms with van der Waals surface area (Å²) in [4.78, 5) is 23.1. The van der Waals surface area contributed by atoms with Crippen molar-refractivity contribution < 1.29 is 14.3 Å². The zero-order valence-electron chi connectivity index (χ0n) is 11.5. The Balaban J connectivity index is 2.40. The molecule has 2 amide bonds. The minimum absolute atomic E-state index is 0.103. The van der Waals surface area contributed by atoms with E-state index in [1.54, 1.807) is 13.0 Å². The quantitative estimate of drug-likeness (QED) is 0.806. The van der Waals surface area contributed by atoms with Crippen LogP contribution in [0.1, 0.15) is 19.4 Å². The van der Waals surface area contributed by atoms with E-state index < -0.39 is 6.04 Å². The van der Waals surface area contributed by atoms with E-state index in [4.69, 9.17) is 4.74 Å². The molecule has 0 saturated heterocycles. The molecule has 0 heterocycles. The molecular formula is C14H20N2O3. The van der Waals surface area contributed by atoms with Gasteiger partial charge in [-0.05, 0) is 32.4 Å². The number of hydrogen-bond donors (Lipinski definition) is 2. The summed E-state index contributed by atoms with van der Waals surface area (Å²) in [6, 6.07) is 6.89. The van der Waals surface area contributed by atoms with Gasteiger partial charge in [-0.1, -0.05) is 18.2 Å². The molecule has 5 nitrogen and oxygen atoms in total. The van der Waals surface area contributed by atoms with Crippen molar-refractivity contribution in [2.75, 3.05) is 13.2 Å². The normalized spacial score (nSPS) is 11.5. The minimum atomic E-state index is -0.562. The summed E-state index contributed by atoms with van der Waals surface area (Å²) < 4.78 is 5.40. The van der Waals surface area contributed by atoms with E-state index in [0.717, 1.165) is 5.56 Å². The minimum Gasteiger partial charge on any atom is -0.484 e. The van der Waals surface area contributed by atoms with Crippen LogP contribution in [0.4, 0.5) is 0 Å². The molecule has 19 heavy (non-hydrogen) atoms. The SMILES string of the molecule is CCNC(=O)[C@@H](C)NC(=O)COc1ccccc1C. The number of hydrogen-bond acceptors (Lipinski definition) is 3. The molecule has 1 rings (SSSR count). The Morgan fingerprint density at radius 3 is 2.63 bits per heavy atom. The van der Waals surface area contributed by atoms with Crippen molar-refractivity contribution in [1.82, 2.24) is 10.6 Å². The summed E-state index contributed by atoms with van der Waals surface area (Å²) in [6.07, 6.45) is 0. The number of carbonyl (C=O) groups excluding carboxylic acids is 2. The Morgan fingerprint density at radius 2 is 2.00 bits per heavy atom. The standard InChI is InChI=1S/C14H20N2O3/c1-4-15-14(18)11(3)16-13(17)9-19-12-8-6-5-7-10(12)2/h5-8,11H,4,9H2,1-3H3,(H,15,18)(H,16,17)/t11-/m1/s1. The molecule has 1 aromatic carbocycles. The number of rotatable bonds is 6. The summed E-state index contributed by atoms with van der Waals surface area (Å²) in [6.45, 7) is 5.81. The molecule has 1 atom stereocenters. The largest absolute Gasteiger partial charge is 0.484 e. The number of amides is 2. The van der Waals surface area contributed by atoms with Crippen LogP contribution in [0.25, 0.3) is 0 Å². The third-order valence-corrected chi connectivity index (χ3v) is 2.57. The van der Waals surface area contributed by atoms with Crippen molar-refractivity contribution in [2.24, 2.45) is 0 Å². The van der Waals surface area contributed by atoms with Gasteiger partial charge in [0.15, 0.2) is 6.61 Å². The van der Waals surface area contributed by atoms with Crippen molar-refractivity contribution in [3.8, 4) is 5.75 Å². The highest BCUT2D eigenvalue weighted by molar-refractivity contribution is 5.87. The van der Waals surface area contributed by atoms with Crippen LogP contribution in [-0.2, 0) is 9.59 Å². The van der Waals surface area contributed by atoms with E-state index in [1.165, 1.54) is 0 Å². The molecular weight excluding hydrogens is 244 g/mol. The van der Waals surface area contributed by atoms with E-state index >= 15 is 0 Å². The molecule has 0 aromatic heterocycles. The topological polar surface area (TPSA) is 67.4 Å². The predicted octanol–water partition coefficient (Wildman–Crippen LogP) is 1.01. The van der Waals surface area contributed by atoms with Gasteiger partial charge in [0.25, 0.3) is 5.91 Å². The van der Waals surface area contributed by atoms with Crippen molar-refractivity contribution in [3.05, 3.63) is 29.8 Å². The van der Waals surface area contributed by atoms with Gasteiger partial charge in [0.05, 0.1) is 0 Å². The van der Waals surface area contributed by atoms with E-state index in [-0.39, 0.29) is 18.4 Å². The molecule has 1 aromatic rings. The zero-order valence-corrected chi connectivity index (χ0v) is 11.5. The third kappa shape index (κ3) is 4.99. The first-order valence-electron chi connectivity index (χ1n) is 6.30. The molecule has 0 aliphatic heterocycles. The smallest absolute Gasteiger partial charge is 0.258 e. The van der Waals surface area contributed by atoms with Crippen LogP contribution in [0.15, 0.2) is 24.3 Å². The van der Waals surface area contributed by atoms with Gasteiger partial charge in [0, 0.05) is 6.54 Å². The van der Waals surface area contributed by atoms with E-state index in [9.17, 15) is 9.59 Å². The Kier molecular flexibility index (Phi) is 5.85. The first kappa shape index (κ1) is 15.0. The second-order valence-electron chi connectivity index (χ2n) is 4.24. The second kappa shape index (κ2) is 7.41. The van der Waals surface area contributed by atoms with Gasteiger partial charge in [0.2, 0.25) is 5.91 Å². The zero-order chi connectivity index (χ0) is 14.3. The van der Waals surface area contributed by atoms with Crippen LogP contribution in [0.5, 0.6) is 5.75 Å². The highest BCUT2D eigenvalue weighted by Gasteiger charge is 2.14. The number of nitrogens with one attached hydrogen (secondary N) is 2. The maximum atomic E-state index is 11.6. The summed E-state index contributed by atoms with van der Waals surface area (Å²) in [5, 5.41) is 5.22. The number of ether oxygens (including phenoxy) is 1. The molecule has 0 unspecified atom stereocenters. The first-order valence-corrected chi connectivity index (χ1v) is 6.30. The highest BCUT2D eigenvalue weighted by Crippen LogP contribution is 2.15. The fourth-order valence-corrected chi connectivity index (χ4v) is 1.54. The lowest BCUT2D eigenvalue weighted by atomic mass is 10.2. The van der Waals surface area contributed by atoms with E-state index in [0.29, 0.717) is 12.3 Å². The number of likely N-dealkylation sites (N-methyl/N-ethyl adjacent to an activating group) is 1. The van der Waals surface area contributed by atoms with Crippen LogP contribution in [-0.4, -0.2) is 31.0 Å². The second-order valence-corrected chi connectivity index (χ2v) is 4.24.